The highest BCUT2D eigenvalue weighted by atomic mass is 19.3. The predicted molar refractivity (Wildman–Crippen MR) is 71.7 cm³/mol. The van der Waals surface area contributed by atoms with Crippen molar-refractivity contribution >= 4 is 0 Å². The van der Waals surface area contributed by atoms with Crippen LogP contribution in [-0.2, 0) is 5.92 Å². The zero-order valence-corrected chi connectivity index (χ0v) is 10.9. The molecule has 2 aromatic carbocycles. The molecule has 0 spiro atoms. The summed E-state index contributed by atoms with van der Waals surface area (Å²) in [7, 11) is 0. The van der Waals surface area contributed by atoms with Crippen molar-refractivity contribution in [1.29, 1.82) is 5.26 Å². The van der Waals surface area contributed by atoms with Gasteiger partial charge in [0.25, 0.3) is 0 Å². The normalized spacial score (nSPS) is 10.9. The van der Waals surface area contributed by atoms with Crippen molar-refractivity contribution in [3.05, 3.63) is 65.2 Å². The van der Waals surface area contributed by atoms with Gasteiger partial charge < -0.3 is 4.74 Å². The summed E-state index contributed by atoms with van der Waals surface area (Å²) in [5.41, 5.74) is 1.01. The van der Waals surface area contributed by atoms with Gasteiger partial charge in [-0.15, -0.1) is 0 Å². The van der Waals surface area contributed by atoms with Crippen LogP contribution in [0.1, 0.15) is 16.7 Å². The molecule has 0 saturated heterocycles. The fourth-order valence-electron chi connectivity index (χ4n) is 1.76. The van der Waals surface area contributed by atoms with Crippen molar-refractivity contribution in [3.8, 4) is 11.8 Å². The van der Waals surface area contributed by atoms with Crippen LogP contribution in [0.4, 0.5) is 8.78 Å². The zero-order chi connectivity index (χ0) is 14.6. The molecule has 2 aromatic rings. The van der Waals surface area contributed by atoms with E-state index in [1.807, 2.05) is 6.07 Å². The number of benzene rings is 2. The fraction of sp³-hybridized carbons (Fsp3) is 0.188. The number of hydrogen-bond donors (Lipinski definition) is 0. The number of aryl methyl sites for hydroxylation is 1. The fourth-order valence-corrected chi connectivity index (χ4v) is 1.76. The van der Waals surface area contributed by atoms with Gasteiger partial charge in [0.2, 0.25) is 0 Å². The number of alkyl halides is 2. The Bertz CT molecular complexity index is 633. The van der Waals surface area contributed by atoms with E-state index in [1.54, 1.807) is 37.3 Å². The Balaban J connectivity index is 2.14. The maximum Gasteiger partial charge on any atom is 0.306 e. The minimum atomic E-state index is -3.07. The third kappa shape index (κ3) is 3.12. The molecule has 0 unspecified atom stereocenters. The zero-order valence-electron chi connectivity index (χ0n) is 10.9. The molecule has 0 fully saturated rings. The summed E-state index contributed by atoms with van der Waals surface area (Å²) < 4.78 is 33.1. The van der Waals surface area contributed by atoms with E-state index in [9.17, 15) is 8.78 Å². The summed E-state index contributed by atoms with van der Waals surface area (Å²) in [5, 5.41) is 8.81. The number of halogens is 2. The van der Waals surface area contributed by atoms with Crippen LogP contribution in [0.2, 0.25) is 0 Å². The van der Waals surface area contributed by atoms with Crippen molar-refractivity contribution < 1.29 is 13.5 Å². The van der Waals surface area contributed by atoms with Gasteiger partial charge in [0, 0.05) is 5.56 Å². The second-order valence-corrected chi connectivity index (χ2v) is 4.45. The van der Waals surface area contributed by atoms with Crippen LogP contribution in [0.25, 0.3) is 0 Å². The van der Waals surface area contributed by atoms with Crippen molar-refractivity contribution in [2.75, 3.05) is 6.61 Å². The van der Waals surface area contributed by atoms with Crippen molar-refractivity contribution in [3.63, 3.8) is 0 Å². The van der Waals surface area contributed by atoms with Crippen molar-refractivity contribution in [2.45, 2.75) is 12.8 Å². The van der Waals surface area contributed by atoms with Gasteiger partial charge in [0.05, 0.1) is 11.6 Å². The summed E-state index contributed by atoms with van der Waals surface area (Å²) >= 11 is 0. The Morgan fingerprint density at radius 3 is 2.50 bits per heavy atom. The van der Waals surface area contributed by atoms with Crippen LogP contribution in [-0.4, -0.2) is 6.61 Å². The summed E-state index contributed by atoms with van der Waals surface area (Å²) in [5.74, 6) is -2.77. The van der Waals surface area contributed by atoms with Gasteiger partial charge in [-0.25, -0.2) is 0 Å². The number of nitriles is 1. The average Bonchev–Trinajstić information content (AvgIpc) is 2.47. The van der Waals surface area contributed by atoms with E-state index in [0.29, 0.717) is 16.9 Å². The van der Waals surface area contributed by atoms with E-state index in [2.05, 4.69) is 0 Å². The number of hydrogen-bond acceptors (Lipinski definition) is 2. The van der Waals surface area contributed by atoms with Crippen molar-refractivity contribution in [1.82, 2.24) is 0 Å². The van der Waals surface area contributed by atoms with E-state index >= 15 is 0 Å². The predicted octanol–water partition coefficient (Wildman–Crippen LogP) is 4.04. The second kappa shape index (κ2) is 5.70. The molecule has 0 saturated carbocycles. The first-order valence-electron chi connectivity index (χ1n) is 6.10. The molecule has 0 aromatic heterocycles. The number of nitrogens with zero attached hydrogens (tertiary/aromatic N) is 1. The summed E-state index contributed by atoms with van der Waals surface area (Å²) in [4.78, 5) is 0. The maximum absolute atomic E-state index is 14.0. The van der Waals surface area contributed by atoms with E-state index in [1.165, 1.54) is 18.2 Å². The van der Waals surface area contributed by atoms with E-state index in [4.69, 9.17) is 10.00 Å². The lowest BCUT2D eigenvalue weighted by Crippen LogP contribution is -2.23. The highest BCUT2D eigenvalue weighted by Gasteiger charge is 2.32. The summed E-state index contributed by atoms with van der Waals surface area (Å²) in [6.45, 7) is 0.990. The van der Waals surface area contributed by atoms with Gasteiger partial charge in [0.1, 0.15) is 5.75 Å². The van der Waals surface area contributed by atoms with E-state index < -0.39 is 12.5 Å². The molecule has 4 heteroatoms. The number of ether oxygens (including phenoxy) is 1. The highest BCUT2D eigenvalue weighted by Crippen LogP contribution is 2.29. The lowest BCUT2D eigenvalue weighted by atomic mass is 10.1. The van der Waals surface area contributed by atoms with Crippen molar-refractivity contribution in [2.24, 2.45) is 0 Å². The minimum absolute atomic E-state index is 0.0888. The molecule has 0 aliphatic carbocycles. The molecule has 0 radical (unpaired) electrons. The molecular formula is C16H13F2NO. The molecule has 0 amide bonds. The Hall–Kier alpha value is -2.41. The summed E-state index contributed by atoms with van der Waals surface area (Å²) in [6, 6.07) is 14.3. The van der Waals surface area contributed by atoms with Gasteiger partial charge >= 0.3 is 5.92 Å². The van der Waals surface area contributed by atoms with Gasteiger partial charge in [-0.05, 0) is 24.6 Å². The number of rotatable bonds is 4. The minimum Gasteiger partial charge on any atom is -0.487 e. The quantitative estimate of drug-likeness (QED) is 0.842. The van der Waals surface area contributed by atoms with Gasteiger partial charge in [-0.1, -0.05) is 36.4 Å². The third-order valence-corrected chi connectivity index (χ3v) is 2.92. The molecule has 0 N–H and O–H groups in total. The second-order valence-electron chi connectivity index (χ2n) is 4.45. The monoisotopic (exact) mass is 273 g/mol. The van der Waals surface area contributed by atoms with Crippen LogP contribution in [0.3, 0.4) is 0 Å². The average molecular weight is 273 g/mol. The van der Waals surface area contributed by atoms with Gasteiger partial charge in [0.15, 0.2) is 6.61 Å². The standard InChI is InChI=1S/C16H13F2NO/c1-12-7-8-13(10-19)9-15(12)20-11-16(17,18)14-5-3-2-4-6-14/h2-9H,11H2,1H3. The first-order valence-corrected chi connectivity index (χ1v) is 6.10. The third-order valence-electron chi connectivity index (χ3n) is 2.92. The SMILES string of the molecule is Cc1ccc(C#N)cc1OCC(F)(F)c1ccccc1. The Morgan fingerprint density at radius 2 is 1.85 bits per heavy atom. The lowest BCUT2D eigenvalue weighted by molar-refractivity contribution is -0.0468. The first kappa shape index (κ1) is 14.0. The molecule has 0 aliphatic rings. The topological polar surface area (TPSA) is 33.0 Å². The molecule has 2 nitrogen and oxygen atoms in total. The summed E-state index contributed by atoms with van der Waals surface area (Å²) in [6.07, 6.45) is 0. The molecular weight excluding hydrogens is 260 g/mol. The highest BCUT2D eigenvalue weighted by molar-refractivity contribution is 5.41. The van der Waals surface area contributed by atoms with Crippen LogP contribution >= 0.6 is 0 Å². The van der Waals surface area contributed by atoms with Gasteiger partial charge in [-0.3, -0.25) is 0 Å². The molecule has 0 atom stereocenters. The van der Waals surface area contributed by atoms with Crippen LogP contribution in [0.15, 0.2) is 48.5 Å². The smallest absolute Gasteiger partial charge is 0.306 e. The Labute approximate surface area is 116 Å². The maximum atomic E-state index is 14.0. The largest absolute Gasteiger partial charge is 0.487 e. The Kier molecular flexibility index (Phi) is 3.99. The van der Waals surface area contributed by atoms with E-state index in [-0.39, 0.29) is 5.56 Å². The van der Waals surface area contributed by atoms with Crippen LogP contribution in [0.5, 0.6) is 5.75 Å². The molecule has 20 heavy (non-hydrogen) atoms. The van der Waals surface area contributed by atoms with E-state index in [0.717, 1.165) is 0 Å². The Morgan fingerprint density at radius 1 is 1.15 bits per heavy atom. The molecule has 102 valence electrons. The lowest BCUT2D eigenvalue weighted by Gasteiger charge is -2.18. The molecule has 2 rings (SSSR count). The first-order chi connectivity index (χ1) is 9.53. The van der Waals surface area contributed by atoms with Crippen LogP contribution < -0.4 is 4.74 Å². The van der Waals surface area contributed by atoms with Gasteiger partial charge in [-0.2, -0.15) is 14.0 Å². The molecule has 0 aliphatic heterocycles. The van der Waals surface area contributed by atoms with Crippen LogP contribution in [0, 0.1) is 18.3 Å². The molecule has 0 heterocycles. The molecule has 0 bridgehead atoms.